The predicted molar refractivity (Wildman–Crippen MR) is 296 cm³/mol. The SMILES string of the molecule is CCCCCCCCCCCCC/C=C/C(O)C(COC1OC(CO)C(O)C(OS(=O)(=O)O)C1O)NC(=O)CCCCCCCCCCCCCCCCCCCCCCCCCCCCCCCCCC. The van der Waals surface area contributed by atoms with E-state index in [1.54, 1.807) is 6.08 Å². The van der Waals surface area contributed by atoms with E-state index in [4.69, 9.17) is 9.47 Å². The minimum atomic E-state index is -5.09. The molecule has 7 unspecified atom stereocenters. The number of carbonyl (C=O) groups excluding carboxylic acids is 1. The topological polar surface area (TPSA) is 192 Å². The van der Waals surface area contributed by atoms with Gasteiger partial charge in [0, 0.05) is 6.42 Å². The van der Waals surface area contributed by atoms with Crippen LogP contribution in [0.1, 0.15) is 303 Å². The summed E-state index contributed by atoms with van der Waals surface area (Å²) < 4.78 is 47.8. The third kappa shape index (κ3) is 41.1. The van der Waals surface area contributed by atoms with Crippen molar-refractivity contribution in [1.82, 2.24) is 5.32 Å². The van der Waals surface area contributed by atoms with E-state index in [0.29, 0.717) is 6.42 Å². The first kappa shape index (κ1) is 68.9. The summed E-state index contributed by atoms with van der Waals surface area (Å²) in [5.41, 5.74) is 0. The fraction of sp³-hybridized carbons (Fsp3) is 0.949. The average Bonchev–Trinajstić information content (AvgIpc) is 3.36. The van der Waals surface area contributed by atoms with Crippen LogP contribution in [-0.4, -0.2) is 95.4 Å². The van der Waals surface area contributed by atoms with E-state index < -0.39 is 59.9 Å². The van der Waals surface area contributed by atoms with Crippen LogP contribution >= 0.6 is 0 Å². The molecule has 1 amide bonds. The molecule has 0 aromatic heterocycles. The van der Waals surface area contributed by atoms with Crippen molar-refractivity contribution in [2.24, 2.45) is 0 Å². The molecule has 1 heterocycles. The van der Waals surface area contributed by atoms with Crippen molar-refractivity contribution in [3.05, 3.63) is 12.2 Å². The summed E-state index contributed by atoms with van der Waals surface area (Å²) >= 11 is 0. The van der Waals surface area contributed by atoms with Crippen molar-refractivity contribution < 1.29 is 51.8 Å². The highest BCUT2D eigenvalue weighted by Gasteiger charge is 2.48. The van der Waals surface area contributed by atoms with Crippen LogP contribution in [0.15, 0.2) is 12.2 Å². The van der Waals surface area contributed by atoms with Gasteiger partial charge in [-0.05, 0) is 19.3 Å². The zero-order valence-corrected chi connectivity index (χ0v) is 47.3. The second-order valence-corrected chi connectivity index (χ2v) is 22.7. The molecule has 0 saturated carbocycles. The van der Waals surface area contributed by atoms with E-state index in [-0.39, 0.29) is 18.9 Å². The monoisotopic (exact) mass is 1050 g/mol. The van der Waals surface area contributed by atoms with Gasteiger partial charge in [0.25, 0.3) is 0 Å². The summed E-state index contributed by atoms with van der Waals surface area (Å²) in [7, 11) is -5.09. The summed E-state index contributed by atoms with van der Waals surface area (Å²) in [5, 5.41) is 44.9. The van der Waals surface area contributed by atoms with Crippen LogP contribution < -0.4 is 5.32 Å². The van der Waals surface area contributed by atoms with Crippen LogP contribution in [0.25, 0.3) is 0 Å². The van der Waals surface area contributed by atoms with Crippen LogP contribution in [0.3, 0.4) is 0 Å². The van der Waals surface area contributed by atoms with E-state index in [9.17, 15) is 38.2 Å². The number of amides is 1. The van der Waals surface area contributed by atoms with Gasteiger partial charge in [-0.2, -0.15) is 8.42 Å². The Bertz CT molecular complexity index is 1320. The molecule has 0 aliphatic carbocycles. The number of aliphatic hydroxyl groups is 4. The highest BCUT2D eigenvalue weighted by atomic mass is 32.3. The highest BCUT2D eigenvalue weighted by Crippen LogP contribution is 2.26. The number of hydrogen-bond acceptors (Lipinski definition) is 10. The Balaban J connectivity index is 2.21. The number of unbranched alkanes of at least 4 members (excludes halogenated alkanes) is 42. The number of hydrogen-bond donors (Lipinski definition) is 6. The summed E-state index contributed by atoms with van der Waals surface area (Å²) in [6.45, 7) is 3.42. The number of aliphatic hydroxyl groups excluding tert-OH is 4. The molecular weight excluding hydrogens is 931 g/mol. The predicted octanol–water partition coefficient (Wildman–Crippen LogP) is 14.6. The summed E-state index contributed by atoms with van der Waals surface area (Å²) in [6, 6.07) is -0.939. The molecule has 428 valence electrons. The average molecular weight is 1050 g/mol. The molecule has 6 N–H and O–H groups in total. The maximum absolute atomic E-state index is 13.1. The molecule has 0 spiro atoms. The number of allylic oxidation sites excluding steroid dienone is 1. The molecular formula is C59H115NO11S. The van der Waals surface area contributed by atoms with Crippen molar-refractivity contribution in [1.29, 1.82) is 0 Å². The van der Waals surface area contributed by atoms with E-state index in [0.717, 1.165) is 38.5 Å². The molecule has 0 aromatic rings. The highest BCUT2D eigenvalue weighted by molar-refractivity contribution is 7.80. The number of ether oxygens (including phenoxy) is 2. The Labute approximate surface area is 442 Å². The Kier molecular flexibility index (Phi) is 47.3. The van der Waals surface area contributed by atoms with E-state index in [1.165, 1.54) is 238 Å². The standard InChI is InChI=1S/C59H115NO11S/c1-3-5-7-9-11-13-15-17-18-19-20-21-22-23-24-25-26-27-28-29-30-31-32-33-34-35-37-39-41-43-45-47-49-55(63)60-52(53(62)48-46-44-42-40-38-36-16-14-12-10-8-6-4-2)51-69-59-57(65)58(71-72(66,67)68)56(64)54(50-61)70-59/h46,48,52-54,56-59,61-62,64-65H,3-45,47,49-51H2,1-2H3,(H,60,63)(H,66,67,68)/b48-46+. The minimum absolute atomic E-state index is 0.256. The quantitative estimate of drug-likeness (QED) is 0.0193. The fourth-order valence-electron chi connectivity index (χ4n) is 10.1. The van der Waals surface area contributed by atoms with Gasteiger partial charge in [0.1, 0.15) is 24.4 Å². The van der Waals surface area contributed by atoms with E-state index in [2.05, 4.69) is 23.3 Å². The lowest BCUT2D eigenvalue weighted by atomic mass is 9.99. The first-order chi connectivity index (χ1) is 35.0. The summed E-state index contributed by atoms with van der Waals surface area (Å²) in [5.74, 6) is -0.256. The lowest BCUT2D eigenvalue weighted by molar-refractivity contribution is -0.298. The first-order valence-electron chi connectivity index (χ1n) is 30.6. The van der Waals surface area contributed by atoms with E-state index in [1.807, 2.05) is 6.08 Å². The summed E-state index contributed by atoms with van der Waals surface area (Å²) in [4.78, 5) is 13.1. The molecule has 1 rings (SSSR count). The van der Waals surface area contributed by atoms with Gasteiger partial charge in [-0.25, -0.2) is 4.18 Å². The minimum Gasteiger partial charge on any atom is -0.394 e. The normalized spacial score (nSPS) is 19.3. The van der Waals surface area contributed by atoms with Gasteiger partial charge in [0.15, 0.2) is 6.29 Å². The van der Waals surface area contributed by atoms with Crippen molar-refractivity contribution in [3.8, 4) is 0 Å². The lowest BCUT2D eigenvalue weighted by Crippen LogP contribution is -2.61. The first-order valence-corrected chi connectivity index (χ1v) is 31.9. The maximum Gasteiger partial charge on any atom is 0.397 e. The molecule has 1 fully saturated rings. The van der Waals surface area contributed by atoms with Crippen molar-refractivity contribution >= 4 is 16.3 Å². The number of nitrogens with one attached hydrogen (secondary N) is 1. The molecule has 12 nitrogen and oxygen atoms in total. The third-order valence-electron chi connectivity index (χ3n) is 14.8. The molecule has 13 heteroatoms. The van der Waals surface area contributed by atoms with E-state index >= 15 is 0 Å². The zero-order chi connectivity index (χ0) is 52.6. The van der Waals surface area contributed by atoms with Gasteiger partial charge < -0.3 is 35.2 Å². The van der Waals surface area contributed by atoms with Gasteiger partial charge in [-0.1, -0.05) is 289 Å². The van der Waals surface area contributed by atoms with Gasteiger partial charge in [0.05, 0.1) is 25.4 Å². The third-order valence-corrected chi connectivity index (χ3v) is 15.3. The van der Waals surface area contributed by atoms with Crippen LogP contribution in [0.5, 0.6) is 0 Å². The molecule has 1 aliphatic rings. The van der Waals surface area contributed by atoms with Crippen LogP contribution in [0, 0.1) is 0 Å². The fourth-order valence-corrected chi connectivity index (χ4v) is 10.6. The molecule has 7 atom stereocenters. The second kappa shape index (κ2) is 49.4. The largest absolute Gasteiger partial charge is 0.397 e. The smallest absolute Gasteiger partial charge is 0.394 e. The van der Waals surface area contributed by atoms with Crippen molar-refractivity contribution in [2.45, 2.75) is 346 Å². The van der Waals surface area contributed by atoms with Crippen molar-refractivity contribution in [3.63, 3.8) is 0 Å². The Morgan fingerprint density at radius 1 is 0.542 bits per heavy atom. The Hall–Kier alpha value is -1.16. The van der Waals surface area contributed by atoms with Crippen LogP contribution in [0.4, 0.5) is 0 Å². The molecule has 1 saturated heterocycles. The molecule has 72 heavy (non-hydrogen) atoms. The van der Waals surface area contributed by atoms with Gasteiger partial charge >= 0.3 is 10.4 Å². The number of rotatable bonds is 54. The second-order valence-electron chi connectivity index (χ2n) is 21.7. The van der Waals surface area contributed by atoms with Gasteiger partial charge in [-0.3, -0.25) is 9.35 Å². The Morgan fingerprint density at radius 3 is 1.21 bits per heavy atom. The lowest BCUT2D eigenvalue weighted by Gasteiger charge is -2.41. The van der Waals surface area contributed by atoms with Gasteiger partial charge in [0.2, 0.25) is 5.91 Å². The zero-order valence-electron chi connectivity index (χ0n) is 46.5. The molecule has 1 aliphatic heterocycles. The molecule has 0 aromatic carbocycles. The Morgan fingerprint density at radius 2 is 0.875 bits per heavy atom. The summed E-state index contributed by atoms with van der Waals surface area (Å²) in [6.07, 6.45) is 51.5. The van der Waals surface area contributed by atoms with Crippen LogP contribution in [-0.2, 0) is 28.9 Å². The van der Waals surface area contributed by atoms with Gasteiger partial charge in [-0.15, -0.1) is 0 Å². The maximum atomic E-state index is 13.1. The number of carbonyl (C=O) groups is 1. The molecule has 0 bridgehead atoms. The van der Waals surface area contributed by atoms with Crippen LogP contribution in [0.2, 0.25) is 0 Å². The molecule has 0 radical (unpaired) electrons. The van der Waals surface area contributed by atoms with Crippen molar-refractivity contribution in [2.75, 3.05) is 13.2 Å².